The third-order valence-corrected chi connectivity index (χ3v) is 3.41. The van der Waals surface area contributed by atoms with E-state index in [-0.39, 0.29) is 0 Å². The molecule has 2 aromatic rings. The number of aromatic nitrogens is 2. The maximum atomic E-state index is 6.11. The van der Waals surface area contributed by atoms with Gasteiger partial charge in [0.15, 0.2) is 5.82 Å². The number of nitrogens with two attached hydrogens (primary N) is 1. The molecule has 0 spiro atoms. The van der Waals surface area contributed by atoms with E-state index in [9.17, 15) is 0 Å². The zero-order valence-electron chi connectivity index (χ0n) is 12.5. The Morgan fingerprint density at radius 2 is 2.23 bits per heavy atom. The predicted octanol–water partition coefficient (Wildman–Crippen LogP) is 2.17. The lowest BCUT2D eigenvalue weighted by Crippen LogP contribution is -2.12. The molecule has 1 aliphatic carbocycles. The Balaban J connectivity index is 1.77. The average molecular weight is 304 g/mol. The highest BCUT2D eigenvalue weighted by atomic mass is 16.5. The van der Waals surface area contributed by atoms with Crippen LogP contribution in [0.15, 0.2) is 22.8 Å². The highest BCUT2D eigenvalue weighted by Gasteiger charge is 2.28. The smallest absolute Gasteiger partial charge is 0.242 e. The Bertz CT molecular complexity index is 612. The van der Waals surface area contributed by atoms with E-state index in [1.54, 1.807) is 13.4 Å². The van der Waals surface area contributed by atoms with Crippen molar-refractivity contribution in [2.45, 2.75) is 25.3 Å². The molecule has 118 valence electrons. The van der Waals surface area contributed by atoms with Crippen LogP contribution >= 0.6 is 0 Å². The van der Waals surface area contributed by atoms with Crippen LogP contribution in [0, 0.1) is 0 Å². The summed E-state index contributed by atoms with van der Waals surface area (Å²) in [6.07, 6.45) is 3.85. The van der Waals surface area contributed by atoms with Crippen molar-refractivity contribution in [2.75, 3.05) is 31.4 Å². The topological polar surface area (TPSA) is 95.4 Å². The number of hydrogen-bond acceptors (Lipinski definition) is 7. The molecule has 3 N–H and O–H groups in total. The van der Waals surface area contributed by atoms with E-state index in [0.29, 0.717) is 43.1 Å². The molecule has 3 rings (SSSR count). The predicted molar refractivity (Wildman–Crippen MR) is 81.8 cm³/mol. The van der Waals surface area contributed by atoms with Gasteiger partial charge in [0.05, 0.1) is 19.4 Å². The maximum Gasteiger partial charge on any atom is 0.242 e. The normalized spacial score (nSPS) is 14.0. The summed E-state index contributed by atoms with van der Waals surface area (Å²) >= 11 is 0. The van der Waals surface area contributed by atoms with Gasteiger partial charge in [0.2, 0.25) is 5.88 Å². The van der Waals surface area contributed by atoms with E-state index in [0.717, 1.165) is 24.4 Å². The minimum absolute atomic E-state index is 0.402. The molecule has 7 heteroatoms. The van der Waals surface area contributed by atoms with Gasteiger partial charge < -0.3 is 24.9 Å². The molecule has 0 aromatic carbocycles. The Morgan fingerprint density at radius 1 is 1.36 bits per heavy atom. The summed E-state index contributed by atoms with van der Waals surface area (Å²) in [5.41, 5.74) is 6.52. The van der Waals surface area contributed by atoms with Crippen LogP contribution in [0.1, 0.15) is 30.3 Å². The van der Waals surface area contributed by atoms with Crippen molar-refractivity contribution in [3.05, 3.63) is 30.0 Å². The molecule has 1 fully saturated rings. The summed E-state index contributed by atoms with van der Waals surface area (Å²) in [4.78, 5) is 8.96. The number of nitrogens with one attached hydrogen (secondary N) is 1. The molecule has 0 saturated heterocycles. The first kappa shape index (κ1) is 14.6. The summed E-state index contributed by atoms with van der Waals surface area (Å²) in [5.74, 6) is 3.00. The van der Waals surface area contributed by atoms with Gasteiger partial charge in [-0.05, 0) is 25.0 Å². The molecule has 0 bridgehead atoms. The number of rotatable bonds is 8. The molecule has 1 saturated carbocycles. The molecule has 2 aromatic heterocycles. The summed E-state index contributed by atoms with van der Waals surface area (Å²) in [6.45, 7) is 1.40. The van der Waals surface area contributed by atoms with Gasteiger partial charge in [-0.15, -0.1) is 0 Å². The van der Waals surface area contributed by atoms with Gasteiger partial charge in [-0.3, -0.25) is 0 Å². The second-order valence-corrected chi connectivity index (χ2v) is 5.20. The number of nitrogens with zero attached hydrogens (tertiary/aromatic N) is 2. The lowest BCUT2D eigenvalue weighted by molar-refractivity contribution is 0.144. The van der Waals surface area contributed by atoms with Crippen LogP contribution in [-0.2, 0) is 11.3 Å². The van der Waals surface area contributed by atoms with Gasteiger partial charge in [-0.2, -0.15) is 4.98 Å². The fourth-order valence-corrected chi connectivity index (χ4v) is 2.04. The molecule has 1 aliphatic rings. The van der Waals surface area contributed by atoms with Gasteiger partial charge in [0.25, 0.3) is 0 Å². The molecular weight excluding hydrogens is 284 g/mol. The second-order valence-electron chi connectivity index (χ2n) is 5.20. The Labute approximate surface area is 128 Å². The summed E-state index contributed by atoms with van der Waals surface area (Å²) in [7, 11) is 1.62. The third-order valence-electron chi connectivity index (χ3n) is 3.41. The standard InChI is InChI=1S/C15H20N4O3/c1-20-7-8-22-15-12(16)14(17-9-11-3-2-6-21-11)18-13(19-15)10-4-5-10/h2-3,6,10H,4-5,7-9,16H2,1H3,(H,17,18,19). The molecular formula is C15H20N4O3. The molecule has 0 atom stereocenters. The zero-order chi connectivity index (χ0) is 15.4. The van der Waals surface area contributed by atoms with Crippen molar-refractivity contribution in [3.63, 3.8) is 0 Å². The van der Waals surface area contributed by atoms with Crippen LogP contribution in [0.4, 0.5) is 11.5 Å². The van der Waals surface area contributed by atoms with E-state index in [1.165, 1.54) is 0 Å². The second kappa shape index (κ2) is 6.65. The van der Waals surface area contributed by atoms with Gasteiger partial charge in [0, 0.05) is 13.0 Å². The fraction of sp³-hybridized carbons (Fsp3) is 0.467. The Morgan fingerprint density at radius 3 is 2.91 bits per heavy atom. The minimum atomic E-state index is 0.402. The van der Waals surface area contributed by atoms with Gasteiger partial charge in [-0.25, -0.2) is 4.98 Å². The van der Waals surface area contributed by atoms with Crippen molar-refractivity contribution in [3.8, 4) is 5.88 Å². The van der Waals surface area contributed by atoms with Gasteiger partial charge >= 0.3 is 0 Å². The van der Waals surface area contributed by atoms with Crippen molar-refractivity contribution >= 4 is 11.5 Å². The van der Waals surface area contributed by atoms with Crippen molar-refractivity contribution in [1.29, 1.82) is 0 Å². The van der Waals surface area contributed by atoms with E-state index >= 15 is 0 Å². The van der Waals surface area contributed by atoms with Crippen LogP contribution in [-0.4, -0.2) is 30.3 Å². The maximum absolute atomic E-state index is 6.11. The van der Waals surface area contributed by atoms with E-state index in [1.807, 2.05) is 12.1 Å². The number of methoxy groups -OCH3 is 1. The molecule has 0 unspecified atom stereocenters. The summed E-state index contributed by atoms with van der Waals surface area (Å²) in [5, 5.41) is 3.19. The fourth-order valence-electron chi connectivity index (χ4n) is 2.04. The first-order valence-corrected chi connectivity index (χ1v) is 7.33. The number of anilines is 2. The van der Waals surface area contributed by atoms with Gasteiger partial charge in [-0.1, -0.05) is 0 Å². The largest absolute Gasteiger partial charge is 0.474 e. The molecule has 22 heavy (non-hydrogen) atoms. The quantitative estimate of drug-likeness (QED) is 0.721. The number of furan rings is 1. The first-order valence-electron chi connectivity index (χ1n) is 7.33. The van der Waals surface area contributed by atoms with Crippen LogP contribution in [0.2, 0.25) is 0 Å². The van der Waals surface area contributed by atoms with Crippen LogP contribution < -0.4 is 15.8 Å². The molecule has 0 aliphatic heterocycles. The van der Waals surface area contributed by atoms with Crippen molar-refractivity contribution in [1.82, 2.24) is 9.97 Å². The SMILES string of the molecule is COCCOc1nc(C2CC2)nc(NCc2ccco2)c1N. The van der Waals surface area contributed by atoms with E-state index in [4.69, 9.17) is 19.6 Å². The Hall–Kier alpha value is -2.28. The lowest BCUT2D eigenvalue weighted by atomic mass is 10.3. The minimum Gasteiger partial charge on any atom is -0.474 e. The highest BCUT2D eigenvalue weighted by molar-refractivity contribution is 5.67. The third kappa shape index (κ3) is 3.48. The summed E-state index contributed by atoms with van der Waals surface area (Å²) in [6, 6.07) is 3.73. The van der Waals surface area contributed by atoms with Crippen LogP contribution in [0.5, 0.6) is 5.88 Å². The first-order chi connectivity index (χ1) is 10.8. The number of nitrogen functional groups attached to an aromatic ring is 1. The number of ether oxygens (including phenoxy) is 2. The Kier molecular flexibility index (Phi) is 4.43. The lowest BCUT2D eigenvalue weighted by Gasteiger charge is -2.13. The van der Waals surface area contributed by atoms with Crippen molar-refractivity contribution < 1.29 is 13.9 Å². The van der Waals surface area contributed by atoms with Crippen LogP contribution in [0.25, 0.3) is 0 Å². The van der Waals surface area contributed by atoms with Crippen molar-refractivity contribution in [2.24, 2.45) is 0 Å². The average Bonchev–Trinajstić information content (AvgIpc) is 3.24. The highest BCUT2D eigenvalue weighted by Crippen LogP contribution is 2.40. The monoisotopic (exact) mass is 304 g/mol. The van der Waals surface area contributed by atoms with E-state index in [2.05, 4.69) is 15.3 Å². The molecule has 0 radical (unpaired) electrons. The van der Waals surface area contributed by atoms with Gasteiger partial charge in [0.1, 0.15) is 23.9 Å². The zero-order valence-corrected chi connectivity index (χ0v) is 12.5. The molecule has 7 nitrogen and oxygen atoms in total. The number of hydrogen-bond donors (Lipinski definition) is 2. The van der Waals surface area contributed by atoms with Crippen LogP contribution in [0.3, 0.4) is 0 Å². The summed E-state index contributed by atoms with van der Waals surface area (Å²) < 4.78 is 15.9. The molecule has 0 amide bonds. The molecule has 2 heterocycles. The van der Waals surface area contributed by atoms with E-state index < -0.39 is 0 Å².